The van der Waals surface area contributed by atoms with Gasteiger partial charge in [-0.15, -0.1) is 0 Å². The Morgan fingerprint density at radius 1 is 0.914 bits per heavy atom. The highest BCUT2D eigenvalue weighted by Gasteiger charge is 2.17. The van der Waals surface area contributed by atoms with Gasteiger partial charge < -0.3 is 9.30 Å². The lowest BCUT2D eigenvalue weighted by atomic mass is 9.98. The Labute approximate surface area is 209 Å². The second-order valence-electron chi connectivity index (χ2n) is 9.31. The van der Waals surface area contributed by atoms with Crippen molar-refractivity contribution >= 4 is 17.0 Å². The maximum atomic E-state index is 13.0. The molecule has 4 aromatic rings. The zero-order valence-corrected chi connectivity index (χ0v) is 21.2. The monoisotopic (exact) mass is 468 g/mol. The average Bonchev–Trinajstić information content (AvgIpc) is 3.22. The van der Waals surface area contributed by atoms with Gasteiger partial charge in [0.2, 0.25) is 0 Å². The van der Waals surface area contributed by atoms with Crippen LogP contribution in [0.5, 0.6) is 0 Å². The minimum absolute atomic E-state index is 0.0770. The highest BCUT2D eigenvalue weighted by molar-refractivity contribution is 5.97. The molecule has 0 spiro atoms. The van der Waals surface area contributed by atoms with Crippen LogP contribution < -0.4 is 0 Å². The zero-order valence-electron chi connectivity index (χ0n) is 21.2. The molecule has 35 heavy (non-hydrogen) atoms. The number of fused-ring (bicyclic) bond motifs is 1. The molecule has 0 N–H and O–H groups in total. The highest BCUT2D eigenvalue weighted by atomic mass is 16.5. The normalized spacial score (nSPS) is 12.1. The van der Waals surface area contributed by atoms with Crippen LogP contribution in [0.4, 0.5) is 0 Å². The highest BCUT2D eigenvalue weighted by Crippen LogP contribution is 2.26. The molecule has 4 nitrogen and oxygen atoms in total. The molecule has 182 valence electrons. The van der Waals surface area contributed by atoms with E-state index in [1.54, 1.807) is 0 Å². The summed E-state index contributed by atoms with van der Waals surface area (Å²) in [6.07, 6.45) is 6.26. The fraction of sp³-hybridized carbons (Fsp3) is 0.355. The molecule has 0 aliphatic carbocycles. The molecule has 0 radical (unpaired) electrons. The van der Waals surface area contributed by atoms with Crippen molar-refractivity contribution in [1.82, 2.24) is 9.55 Å². The minimum Gasteiger partial charge on any atom is -0.459 e. The van der Waals surface area contributed by atoms with Crippen molar-refractivity contribution in [3.8, 4) is 11.1 Å². The van der Waals surface area contributed by atoms with Crippen molar-refractivity contribution in [2.75, 3.05) is 0 Å². The Bertz CT molecular complexity index is 1260. The number of carbonyl (C=O) groups excluding carboxylic acids is 1. The molecular formula is C31H36N2O2. The largest absolute Gasteiger partial charge is 0.459 e. The van der Waals surface area contributed by atoms with E-state index < -0.39 is 0 Å². The minimum atomic E-state index is -0.247. The molecule has 0 amide bonds. The van der Waals surface area contributed by atoms with Crippen LogP contribution >= 0.6 is 0 Å². The first-order chi connectivity index (χ1) is 17.1. The maximum Gasteiger partial charge on any atom is 0.339 e. The van der Waals surface area contributed by atoms with Gasteiger partial charge in [-0.05, 0) is 61.1 Å². The molecule has 3 aromatic carbocycles. The Hall–Kier alpha value is -3.40. The van der Waals surface area contributed by atoms with Crippen LogP contribution in [0, 0.1) is 0 Å². The lowest BCUT2D eigenvalue weighted by molar-refractivity contribution is 0.0320. The lowest BCUT2D eigenvalue weighted by Gasteiger charge is -2.15. The number of nitrogens with zero attached hydrogens (tertiary/aromatic N) is 2. The summed E-state index contributed by atoms with van der Waals surface area (Å²) in [4.78, 5) is 17.8. The van der Waals surface area contributed by atoms with Gasteiger partial charge in [0, 0.05) is 13.0 Å². The zero-order chi connectivity index (χ0) is 24.6. The summed E-state index contributed by atoms with van der Waals surface area (Å²) in [7, 11) is 0. The molecule has 1 unspecified atom stereocenters. The lowest BCUT2D eigenvalue weighted by Crippen LogP contribution is -2.15. The summed E-state index contributed by atoms with van der Waals surface area (Å²) in [5.74, 6) is 0.877. The van der Waals surface area contributed by atoms with Crippen molar-refractivity contribution in [2.24, 2.45) is 0 Å². The number of hydrogen-bond donors (Lipinski definition) is 0. The predicted octanol–water partition coefficient (Wildman–Crippen LogP) is 7.83. The van der Waals surface area contributed by atoms with Gasteiger partial charge in [-0.3, -0.25) is 0 Å². The van der Waals surface area contributed by atoms with E-state index in [0.717, 1.165) is 61.1 Å². The Morgan fingerprint density at radius 2 is 1.66 bits per heavy atom. The van der Waals surface area contributed by atoms with Crippen LogP contribution in [-0.4, -0.2) is 21.6 Å². The van der Waals surface area contributed by atoms with E-state index in [1.807, 2.05) is 37.3 Å². The molecular weight excluding hydrogens is 432 g/mol. The number of ether oxygens (including phenoxy) is 1. The van der Waals surface area contributed by atoms with Gasteiger partial charge in [-0.2, -0.15) is 0 Å². The first-order valence-corrected chi connectivity index (χ1v) is 12.9. The molecule has 0 aliphatic rings. The fourth-order valence-electron chi connectivity index (χ4n) is 4.59. The van der Waals surface area contributed by atoms with Gasteiger partial charge in [-0.25, -0.2) is 9.78 Å². The number of aromatic nitrogens is 2. The number of unbranched alkanes of at least 4 members (excludes halogenated alkanes) is 2. The number of benzene rings is 3. The van der Waals surface area contributed by atoms with Crippen LogP contribution in [0.25, 0.3) is 22.2 Å². The van der Waals surface area contributed by atoms with Crippen LogP contribution in [-0.2, 0) is 17.7 Å². The van der Waals surface area contributed by atoms with Crippen LogP contribution in [0.2, 0.25) is 0 Å². The van der Waals surface area contributed by atoms with Gasteiger partial charge in [0.1, 0.15) is 5.82 Å². The van der Waals surface area contributed by atoms with E-state index in [2.05, 4.69) is 60.9 Å². The Balaban J connectivity index is 1.53. The number of carbonyl (C=O) groups is 1. The Morgan fingerprint density at radius 3 is 2.43 bits per heavy atom. The van der Waals surface area contributed by atoms with Crippen molar-refractivity contribution in [1.29, 1.82) is 0 Å². The molecule has 0 saturated heterocycles. The molecule has 0 aliphatic heterocycles. The summed E-state index contributed by atoms with van der Waals surface area (Å²) in [5, 5.41) is 0. The second kappa shape index (κ2) is 11.8. The molecule has 4 heteroatoms. The molecule has 1 atom stereocenters. The van der Waals surface area contributed by atoms with Gasteiger partial charge in [0.15, 0.2) is 0 Å². The third-order valence-corrected chi connectivity index (χ3v) is 6.48. The number of esters is 1. The van der Waals surface area contributed by atoms with Crippen molar-refractivity contribution < 1.29 is 9.53 Å². The van der Waals surface area contributed by atoms with E-state index in [1.165, 1.54) is 17.5 Å². The van der Waals surface area contributed by atoms with Crippen molar-refractivity contribution in [3.05, 3.63) is 89.7 Å². The molecule has 1 aromatic heterocycles. The molecule has 0 bridgehead atoms. The van der Waals surface area contributed by atoms with Crippen molar-refractivity contribution in [3.63, 3.8) is 0 Å². The van der Waals surface area contributed by atoms with Crippen molar-refractivity contribution in [2.45, 2.75) is 71.9 Å². The standard InChI is InChI=1S/C31H36N2O2/c1-4-6-7-13-23(3)35-31(34)27-15-9-8-14-26(27)25-20-18-24(19-21-25)22-33-29-17-11-10-16-28(29)32-30(33)12-5-2/h8-11,14-21,23H,4-7,12-13,22H2,1-3H3. The molecule has 1 heterocycles. The summed E-state index contributed by atoms with van der Waals surface area (Å²) in [6, 6.07) is 24.6. The summed E-state index contributed by atoms with van der Waals surface area (Å²) in [5.41, 5.74) is 5.96. The van der Waals surface area contributed by atoms with E-state index in [4.69, 9.17) is 9.72 Å². The smallest absolute Gasteiger partial charge is 0.339 e. The van der Waals surface area contributed by atoms with Gasteiger partial charge in [0.25, 0.3) is 0 Å². The first-order valence-electron chi connectivity index (χ1n) is 12.9. The van der Waals surface area contributed by atoms with Crippen LogP contribution in [0.3, 0.4) is 0 Å². The third kappa shape index (κ3) is 6.00. The molecule has 4 rings (SSSR count). The third-order valence-electron chi connectivity index (χ3n) is 6.48. The van der Waals surface area contributed by atoms with E-state index in [-0.39, 0.29) is 12.1 Å². The van der Waals surface area contributed by atoms with E-state index >= 15 is 0 Å². The summed E-state index contributed by atoms with van der Waals surface area (Å²) < 4.78 is 8.09. The van der Waals surface area contributed by atoms with Gasteiger partial charge in [-0.1, -0.05) is 81.3 Å². The quantitative estimate of drug-likeness (QED) is 0.166. The molecule has 0 saturated carbocycles. The summed E-state index contributed by atoms with van der Waals surface area (Å²) in [6.45, 7) is 7.12. The fourth-order valence-corrected chi connectivity index (χ4v) is 4.59. The number of hydrogen-bond acceptors (Lipinski definition) is 3. The molecule has 0 fully saturated rings. The number of para-hydroxylation sites is 2. The summed E-state index contributed by atoms with van der Waals surface area (Å²) >= 11 is 0. The maximum absolute atomic E-state index is 13.0. The van der Waals surface area contributed by atoms with Crippen LogP contribution in [0.1, 0.15) is 74.6 Å². The van der Waals surface area contributed by atoms with E-state index in [9.17, 15) is 4.79 Å². The number of imidazole rings is 1. The van der Waals surface area contributed by atoms with Crippen LogP contribution in [0.15, 0.2) is 72.8 Å². The number of aryl methyl sites for hydroxylation is 1. The Kier molecular flexibility index (Phi) is 8.36. The topological polar surface area (TPSA) is 44.1 Å². The predicted molar refractivity (Wildman–Crippen MR) is 144 cm³/mol. The second-order valence-corrected chi connectivity index (χ2v) is 9.31. The average molecular weight is 469 g/mol. The SMILES string of the molecule is CCCCCC(C)OC(=O)c1ccccc1-c1ccc(Cn2c(CCC)nc3ccccc32)cc1. The van der Waals surface area contributed by atoms with E-state index in [0.29, 0.717) is 5.56 Å². The number of rotatable bonds is 11. The van der Waals surface area contributed by atoms with Gasteiger partial charge in [0.05, 0.1) is 22.7 Å². The van der Waals surface area contributed by atoms with Gasteiger partial charge >= 0.3 is 5.97 Å². The first kappa shape index (κ1) is 24.7.